The summed E-state index contributed by atoms with van der Waals surface area (Å²) in [6.07, 6.45) is -3.22. The van der Waals surface area contributed by atoms with Gasteiger partial charge in [-0.15, -0.1) is 0 Å². The summed E-state index contributed by atoms with van der Waals surface area (Å²) in [5, 5.41) is 9.50. The third-order valence-electron chi connectivity index (χ3n) is 7.41. The number of anilines is 1. The molecule has 0 bridgehead atoms. The van der Waals surface area contributed by atoms with Crippen LogP contribution < -0.4 is 4.90 Å². The van der Waals surface area contributed by atoms with Crippen LogP contribution in [0.15, 0.2) is 42.6 Å². The number of aliphatic carboxylic acids is 1. The monoisotopic (exact) mass is 588 g/mol. The van der Waals surface area contributed by atoms with Crippen molar-refractivity contribution >= 4 is 29.6 Å². The molecule has 2 aliphatic rings. The number of benzene rings is 2. The third-order valence-corrected chi connectivity index (χ3v) is 7.74. The Bertz CT molecular complexity index is 1500. The fourth-order valence-corrected chi connectivity index (χ4v) is 5.29. The van der Waals surface area contributed by atoms with Gasteiger partial charge in [0.25, 0.3) is 0 Å². The summed E-state index contributed by atoms with van der Waals surface area (Å²) in [5.41, 5.74) is 2.27. The lowest BCUT2D eigenvalue weighted by Gasteiger charge is -2.31. The quantitative estimate of drug-likeness (QED) is 0.324. The Morgan fingerprint density at radius 2 is 1.93 bits per heavy atom. The Labute approximate surface area is 239 Å². The van der Waals surface area contributed by atoms with Crippen LogP contribution in [0, 0.1) is 6.92 Å². The van der Waals surface area contributed by atoms with Crippen LogP contribution >= 0.6 is 11.6 Å². The van der Waals surface area contributed by atoms with E-state index in [2.05, 4.69) is 4.98 Å². The zero-order chi connectivity index (χ0) is 29.5. The van der Waals surface area contributed by atoms with Crippen molar-refractivity contribution in [2.45, 2.75) is 58.0 Å². The number of aromatic nitrogens is 2. The van der Waals surface area contributed by atoms with Gasteiger partial charge >= 0.3 is 18.2 Å². The molecule has 3 heterocycles. The second-order valence-corrected chi connectivity index (χ2v) is 10.8. The number of ether oxygens (including phenoxy) is 1. The molecule has 1 amide bonds. The maximum Gasteiger partial charge on any atom is 0.416 e. The van der Waals surface area contributed by atoms with Crippen LogP contribution in [0.5, 0.6) is 0 Å². The molecule has 2 atom stereocenters. The Morgan fingerprint density at radius 3 is 2.59 bits per heavy atom. The summed E-state index contributed by atoms with van der Waals surface area (Å²) >= 11 is 6.57. The highest BCUT2D eigenvalue weighted by atomic mass is 35.5. The van der Waals surface area contributed by atoms with E-state index in [9.17, 15) is 22.8 Å². The van der Waals surface area contributed by atoms with Gasteiger partial charge in [-0.05, 0) is 62.1 Å². The van der Waals surface area contributed by atoms with Crippen molar-refractivity contribution in [2.24, 2.45) is 0 Å². The molecule has 5 rings (SSSR count). The van der Waals surface area contributed by atoms with Crippen molar-refractivity contribution in [3.63, 3.8) is 0 Å². The van der Waals surface area contributed by atoms with E-state index in [0.717, 1.165) is 37.2 Å². The first-order valence-corrected chi connectivity index (χ1v) is 13.6. The number of rotatable bonds is 8. The van der Waals surface area contributed by atoms with Gasteiger partial charge in [0, 0.05) is 41.9 Å². The molecule has 0 aliphatic carbocycles. The molecule has 1 aromatic heterocycles. The van der Waals surface area contributed by atoms with E-state index in [1.165, 1.54) is 4.90 Å². The van der Waals surface area contributed by atoms with E-state index in [-0.39, 0.29) is 18.5 Å². The van der Waals surface area contributed by atoms with E-state index >= 15 is 0 Å². The van der Waals surface area contributed by atoms with Crippen LogP contribution in [-0.2, 0) is 28.7 Å². The first-order chi connectivity index (χ1) is 19.4. The molecule has 216 valence electrons. The second kappa shape index (κ2) is 11.2. The number of nitrogens with zero attached hydrogens (tertiary/aromatic N) is 4. The van der Waals surface area contributed by atoms with Gasteiger partial charge in [0.15, 0.2) is 0 Å². The number of carbonyl (C=O) groups excluding carboxylic acids is 1. The third kappa shape index (κ3) is 6.09. The van der Waals surface area contributed by atoms with Crippen LogP contribution in [0.3, 0.4) is 0 Å². The maximum absolute atomic E-state index is 13.5. The van der Waals surface area contributed by atoms with Gasteiger partial charge in [0.2, 0.25) is 5.95 Å². The molecule has 0 unspecified atom stereocenters. The van der Waals surface area contributed by atoms with Gasteiger partial charge in [-0.2, -0.15) is 13.2 Å². The average molecular weight is 589 g/mol. The van der Waals surface area contributed by atoms with Crippen LogP contribution in [0.25, 0.3) is 11.1 Å². The van der Waals surface area contributed by atoms with E-state index in [1.54, 1.807) is 44.3 Å². The minimum atomic E-state index is -4.53. The molecule has 2 fully saturated rings. The number of aryl methyl sites for hydroxylation is 2. The fraction of sp³-hybridized carbons (Fsp3) is 0.379. The lowest BCUT2D eigenvalue weighted by molar-refractivity contribution is -0.138. The van der Waals surface area contributed by atoms with Gasteiger partial charge in [-0.1, -0.05) is 29.3 Å². The minimum absolute atomic E-state index is 0.00280. The normalized spacial score (nSPS) is 18.8. The summed E-state index contributed by atoms with van der Waals surface area (Å²) in [5.74, 6) is -0.421. The van der Waals surface area contributed by atoms with E-state index < -0.39 is 35.9 Å². The summed E-state index contributed by atoms with van der Waals surface area (Å²) in [7, 11) is 0. The standard InChI is InChI=1S/C29H28ClF3N4O4/c1-16-10-19(13-20(11-16)29(31,32)33)26-17(2)37(28(40)41-26)15-24-22(14-34-27(35-24)36-8-3-9-36)21-12-18(4-6-23(21)30)5-7-25(38)39/h4,6,10-14,17,26H,3,5,7-9,15H2,1-2H3,(H,38,39)/t17-,26-/m0/s1. The van der Waals surface area contributed by atoms with Crippen molar-refractivity contribution < 1.29 is 32.6 Å². The lowest BCUT2D eigenvalue weighted by Crippen LogP contribution is -2.39. The molecule has 0 radical (unpaired) electrons. The zero-order valence-corrected chi connectivity index (χ0v) is 23.2. The van der Waals surface area contributed by atoms with Crippen molar-refractivity contribution in [1.82, 2.24) is 14.9 Å². The molecule has 0 spiro atoms. The molecule has 41 heavy (non-hydrogen) atoms. The number of carbonyl (C=O) groups is 2. The summed E-state index contributed by atoms with van der Waals surface area (Å²) < 4.78 is 46.1. The summed E-state index contributed by atoms with van der Waals surface area (Å²) in [6, 6.07) is 8.29. The van der Waals surface area contributed by atoms with Gasteiger partial charge in [0.1, 0.15) is 6.10 Å². The molecule has 12 heteroatoms. The first kappa shape index (κ1) is 28.7. The van der Waals surface area contributed by atoms with E-state index in [4.69, 9.17) is 26.4 Å². The molecule has 0 saturated carbocycles. The zero-order valence-electron chi connectivity index (χ0n) is 22.4. The summed E-state index contributed by atoms with van der Waals surface area (Å²) in [6.45, 7) is 4.88. The molecule has 8 nitrogen and oxygen atoms in total. The number of hydrogen-bond donors (Lipinski definition) is 1. The molecule has 2 saturated heterocycles. The van der Waals surface area contributed by atoms with Crippen molar-refractivity contribution in [1.29, 1.82) is 0 Å². The van der Waals surface area contributed by atoms with E-state index in [1.807, 2.05) is 4.90 Å². The molecule has 3 aromatic rings. The lowest BCUT2D eigenvalue weighted by atomic mass is 9.97. The number of hydrogen-bond acceptors (Lipinski definition) is 6. The number of alkyl halides is 3. The Balaban J connectivity index is 1.49. The number of carboxylic acid groups (broad SMARTS) is 1. The predicted molar refractivity (Wildman–Crippen MR) is 146 cm³/mol. The van der Waals surface area contributed by atoms with Gasteiger partial charge in [0.05, 0.1) is 23.8 Å². The highest BCUT2D eigenvalue weighted by molar-refractivity contribution is 6.33. The Hall–Kier alpha value is -3.86. The number of amides is 1. The van der Waals surface area contributed by atoms with Crippen molar-refractivity contribution in [3.05, 3.63) is 75.6 Å². The van der Waals surface area contributed by atoms with E-state index in [0.29, 0.717) is 39.8 Å². The molecular formula is C29H28ClF3N4O4. The van der Waals surface area contributed by atoms with Crippen LogP contribution in [0.2, 0.25) is 5.02 Å². The van der Waals surface area contributed by atoms with Gasteiger partial charge < -0.3 is 14.7 Å². The van der Waals surface area contributed by atoms with Crippen molar-refractivity contribution in [3.8, 4) is 11.1 Å². The maximum atomic E-state index is 13.5. The average Bonchev–Trinajstić information content (AvgIpc) is 3.15. The number of carboxylic acids is 1. The Kier molecular flexibility index (Phi) is 7.83. The van der Waals surface area contributed by atoms with Gasteiger partial charge in [-0.25, -0.2) is 14.8 Å². The van der Waals surface area contributed by atoms with Crippen LogP contribution in [0.4, 0.5) is 23.9 Å². The SMILES string of the molecule is Cc1cc([C@H]2OC(=O)N(Cc3nc(N4CCC4)ncc3-c3cc(CCC(=O)O)ccc3Cl)[C@H]2C)cc(C(F)(F)F)c1. The number of halogens is 4. The van der Waals surface area contributed by atoms with Crippen molar-refractivity contribution in [2.75, 3.05) is 18.0 Å². The summed E-state index contributed by atoms with van der Waals surface area (Å²) in [4.78, 5) is 36.9. The number of cyclic esters (lactones) is 1. The highest BCUT2D eigenvalue weighted by Crippen LogP contribution is 2.39. The van der Waals surface area contributed by atoms with Crippen LogP contribution in [0.1, 0.15) is 53.8 Å². The topological polar surface area (TPSA) is 95.9 Å². The second-order valence-electron chi connectivity index (χ2n) is 10.4. The Morgan fingerprint density at radius 1 is 1.17 bits per heavy atom. The molecule has 1 N–H and O–H groups in total. The fourth-order valence-electron chi connectivity index (χ4n) is 5.07. The first-order valence-electron chi connectivity index (χ1n) is 13.2. The predicted octanol–water partition coefficient (Wildman–Crippen LogP) is 6.43. The van der Waals surface area contributed by atoms with Gasteiger partial charge in [-0.3, -0.25) is 9.69 Å². The smallest absolute Gasteiger partial charge is 0.416 e. The largest absolute Gasteiger partial charge is 0.481 e. The minimum Gasteiger partial charge on any atom is -0.481 e. The van der Waals surface area contributed by atoms with Crippen LogP contribution in [-0.4, -0.2) is 51.2 Å². The molecular weight excluding hydrogens is 561 g/mol. The molecule has 2 aliphatic heterocycles. The molecule has 2 aromatic carbocycles. The highest BCUT2D eigenvalue weighted by Gasteiger charge is 2.41.